The van der Waals surface area contributed by atoms with E-state index in [4.69, 9.17) is 19.3 Å². The molecule has 25 heavy (non-hydrogen) atoms. The average molecular weight is 357 g/mol. The van der Waals surface area contributed by atoms with E-state index in [9.17, 15) is 4.79 Å². The number of hydrogen-bond acceptors (Lipinski definition) is 5. The van der Waals surface area contributed by atoms with Crippen molar-refractivity contribution in [2.24, 2.45) is 5.92 Å². The Morgan fingerprint density at radius 3 is 2.04 bits per heavy atom. The first-order chi connectivity index (χ1) is 12.1. The van der Waals surface area contributed by atoms with Crippen molar-refractivity contribution < 1.29 is 24.1 Å². The van der Waals surface area contributed by atoms with Gasteiger partial charge in [0.25, 0.3) is 0 Å². The second-order valence-corrected chi connectivity index (χ2v) is 6.02. The monoisotopic (exact) mass is 356 g/mol. The van der Waals surface area contributed by atoms with Crippen molar-refractivity contribution in [3.8, 4) is 0 Å². The summed E-state index contributed by atoms with van der Waals surface area (Å²) in [7, 11) is 0. The van der Waals surface area contributed by atoms with Gasteiger partial charge in [0.1, 0.15) is 0 Å². The number of carbonyl (C=O) groups excluding carboxylic acids is 1. The molecule has 0 bridgehead atoms. The van der Waals surface area contributed by atoms with Crippen molar-refractivity contribution in [2.45, 2.75) is 65.6 Å². The molecule has 0 aliphatic rings. The lowest BCUT2D eigenvalue weighted by atomic mass is 10.2. The molecule has 0 heterocycles. The number of hydrogen-bond donors (Lipinski definition) is 1. The van der Waals surface area contributed by atoms with Crippen molar-refractivity contribution in [1.29, 1.82) is 0 Å². The number of aliphatic hydroxyl groups is 1. The van der Waals surface area contributed by atoms with Crippen LogP contribution in [0.25, 0.3) is 0 Å². The highest BCUT2D eigenvalue weighted by Crippen LogP contribution is 2.08. The van der Waals surface area contributed by atoms with E-state index in [-0.39, 0.29) is 31.5 Å². The van der Waals surface area contributed by atoms with Crippen LogP contribution in [0.5, 0.6) is 0 Å². The second kappa shape index (κ2) is 17.6. The number of ether oxygens (including phenoxy) is 3. The normalized spacial score (nSPS) is 13.2. The second-order valence-electron chi connectivity index (χ2n) is 6.02. The molecule has 0 aromatic rings. The summed E-state index contributed by atoms with van der Waals surface area (Å²) in [4.78, 5) is 11.8. The number of carbonyl (C=O) groups is 1. The molecule has 5 heteroatoms. The van der Waals surface area contributed by atoms with Crippen LogP contribution in [-0.4, -0.2) is 43.8 Å². The third kappa shape index (κ3) is 16.1. The predicted octanol–water partition coefficient (Wildman–Crippen LogP) is 4.01. The molecule has 0 amide bonds. The third-order valence-electron chi connectivity index (χ3n) is 3.41. The molecule has 0 spiro atoms. The fraction of sp³-hybridized carbons (Fsp3) is 0.750. The van der Waals surface area contributed by atoms with Gasteiger partial charge in [-0.3, -0.25) is 4.79 Å². The van der Waals surface area contributed by atoms with Crippen LogP contribution in [0.3, 0.4) is 0 Å². The van der Waals surface area contributed by atoms with Gasteiger partial charge < -0.3 is 19.3 Å². The van der Waals surface area contributed by atoms with Gasteiger partial charge in [0.15, 0.2) is 6.29 Å². The summed E-state index contributed by atoms with van der Waals surface area (Å²) in [6.45, 7) is 7.41. The summed E-state index contributed by atoms with van der Waals surface area (Å²) in [5.74, 6) is -0.322. The minimum absolute atomic E-state index is 0.0126. The molecule has 0 fully saturated rings. The fourth-order valence-corrected chi connectivity index (χ4v) is 1.91. The van der Waals surface area contributed by atoms with Crippen molar-refractivity contribution in [2.75, 3.05) is 26.4 Å². The maximum absolute atomic E-state index is 11.8. The highest BCUT2D eigenvalue weighted by atomic mass is 16.7. The molecule has 0 rings (SSSR count). The van der Waals surface area contributed by atoms with Crippen LogP contribution in [0.2, 0.25) is 0 Å². The first-order valence-electron chi connectivity index (χ1n) is 9.43. The molecular formula is C20H36O5. The maximum atomic E-state index is 11.8. The van der Waals surface area contributed by atoms with Crippen molar-refractivity contribution in [1.82, 2.24) is 0 Å². The molecule has 0 radical (unpaired) electrons. The Morgan fingerprint density at radius 1 is 1.00 bits per heavy atom. The van der Waals surface area contributed by atoms with E-state index >= 15 is 0 Å². The van der Waals surface area contributed by atoms with Gasteiger partial charge >= 0.3 is 5.97 Å². The third-order valence-corrected chi connectivity index (χ3v) is 3.41. The smallest absolute Gasteiger partial charge is 0.305 e. The number of allylic oxidation sites excluding steroid dienone is 2. The summed E-state index contributed by atoms with van der Waals surface area (Å²) in [6.07, 6.45) is 12.4. The highest BCUT2D eigenvalue weighted by Gasteiger charge is 2.13. The Balaban J connectivity index is 4.14. The molecule has 0 aromatic carbocycles. The molecule has 1 unspecified atom stereocenters. The average Bonchev–Trinajstić information content (AvgIpc) is 2.62. The van der Waals surface area contributed by atoms with Gasteiger partial charge in [-0.2, -0.15) is 0 Å². The van der Waals surface area contributed by atoms with E-state index in [0.29, 0.717) is 19.6 Å². The lowest BCUT2D eigenvalue weighted by Crippen LogP contribution is -2.21. The Bertz CT molecular complexity index is 345. The summed E-state index contributed by atoms with van der Waals surface area (Å²) in [5, 5.41) is 8.94. The van der Waals surface area contributed by atoms with Crippen LogP contribution < -0.4 is 0 Å². The van der Waals surface area contributed by atoms with Gasteiger partial charge in [0.2, 0.25) is 0 Å². The van der Waals surface area contributed by atoms with Crippen molar-refractivity contribution >= 4 is 5.97 Å². The molecule has 5 nitrogen and oxygen atoms in total. The first kappa shape index (κ1) is 23.8. The van der Waals surface area contributed by atoms with Gasteiger partial charge in [-0.05, 0) is 25.7 Å². The van der Waals surface area contributed by atoms with Crippen LogP contribution in [0.15, 0.2) is 24.3 Å². The van der Waals surface area contributed by atoms with Crippen molar-refractivity contribution in [3.63, 3.8) is 0 Å². The quantitative estimate of drug-likeness (QED) is 0.196. The number of aliphatic hydroxyl groups excluding tert-OH is 1. The van der Waals surface area contributed by atoms with Crippen LogP contribution >= 0.6 is 0 Å². The Kier molecular flexibility index (Phi) is 16.8. The SMILES string of the molecule is CC/C=C\CCOC(CCC(=O)OCC(C)CO)OCC/C=C\CC. The maximum Gasteiger partial charge on any atom is 0.305 e. The molecule has 0 saturated carbocycles. The summed E-state index contributed by atoms with van der Waals surface area (Å²) < 4.78 is 16.6. The molecule has 0 aromatic heterocycles. The minimum Gasteiger partial charge on any atom is -0.465 e. The summed E-state index contributed by atoms with van der Waals surface area (Å²) in [5.41, 5.74) is 0. The van der Waals surface area contributed by atoms with Crippen LogP contribution in [0, 0.1) is 5.92 Å². The van der Waals surface area contributed by atoms with Crippen molar-refractivity contribution in [3.05, 3.63) is 24.3 Å². The molecule has 0 aliphatic carbocycles. The molecular weight excluding hydrogens is 320 g/mol. The molecule has 0 aliphatic heterocycles. The van der Waals surface area contributed by atoms with E-state index in [1.54, 1.807) is 0 Å². The van der Waals surface area contributed by atoms with E-state index in [1.165, 1.54) is 0 Å². The molecule has 1 N–H and O–H groups in total. The van der Waals surface area contributed by atoms with E-state index in [1.807, 2.05) is 6.92 Å². The van der Waals surface area contributed by atoms with Gasteiger partial charge in [-0.15, -0.1) is 0 Å². The largest absolute Gasteiger partial charge is 0.465 e. The van der Waals surface area contributed by atoms with Crippen LogP contribution in [0.4, 0.5) is 0 Å². The van der Waals surface area contributed by atoms with Gasteiger partial charge in [-0.1, -0.05) is 45.1 Å². The minimum atomic E-state index is -0.395. The Hall–Kier alpha value is -1.17. The molecule has 1 atom stereocenters. The topological polar surface area (TPSA) is 65.0 Å². The van der Waals surface area contributed by atoms with E-state index < -0.39 is 6.29 Å². The van der Waals surface area contributed by atoms with Crippen LogP contribution in [-0.2, 0) is 19.0 Å². The van der Waals surface area contributed by atoms with Gasteiger partial charge in [0.05, 0.1) is 26.2 Å². The molecule has 0 saturated heterocycles. The zero-order valence-corrected chi connectivity index (χ0v) is 16.1. The standard InChI is InChI=1S/C20H36O5/c1-4-6-8-10-14-23-20(24-15-11-9-7-5-2)13-12-19(22)25-17-18(3)16-21/h6-9,18,20-21H,4-5,10-17H2,1-3H3/b8-6-,9-7-. The van der Waals surface area contributed by atoms with E-state index in [0.717, 1.165) is 25.7 Å². The first-order valence-corrected chi connectivity index (χ1v) is 9.43. The highest BCUT2D eigenvalue weighted by molar-refractivity contribution is 5.69. The lowest BCUT2D eigenvalue weighted by Gasteiger charge is -2.18. The summed E-state index contributed by atoms with van der Waals surface area (Å²) in [6, 6.07) is 0. The van der Waals surface area contributed by atoms with E-state index in [2.05, 4.69) is 38.2 Å². The number of rotatable bonds is 16. The lowest BCUT2D eigenvalue weighted by molar-refractivity contribution is -0.158. The van der Waals surface area contributed by atoms with Gasteiger partial charge in [-0.25, -0.2) is 0 Å². The zero-order chi connectivity index (χ0) is 18.8. The van der Waals surface area contributed by atoms with Gasteiger partial charge in [0, 0.05) is 18.9 Å². The fourth-order valence-electron chi connectivity index (χ4n) is 1.91. The Labute approximate surface area is 153 Å². The summed E-state index contributed by atoms with van der Waals surface area (Å²) >= 11 is 0. The Morgan fingerprint density at radius 2 is 1.56 bits per heavy atom. The molecule has 146 valence electrons. The zero-order valence-electron chi connectivity index (χ0n) is 16.1. The number of esters is 1. The predicted molar refractivity (Wildman–Crippen MR) is 100 cm³/mol. The van der Waals surface area contributed by atoms with Crippen LogP contribution in [0.1, 0.15) is 59.3 Å².